The van der Waals surface area contributed by atoms with Gasteiger partial charge >= 0.3 is 6.18 Å². The number of alkyl halides is 3. The van der Waals surface area contributed by atoms with E-state index in [2.05, 4.69) is 0 Å². The standard InChI is InChI=1S/C18H25F3N2O/c1-3-23(4-2)17(24)15-8-6-10-22(13-15)12-14-7-5-9-16(11-14)18(19,20)21/h5,7,9,11,15H,3-4,6,8,10,12-13H2,1-2H3/p+1/t15-/m0/s1. The molecule has 1 aromatic carbocycles. The molecule has 3 nitrogen and oxygen atoms in total. The normalized spacial score (nSPS) is 21.5. The molecule has 1 unspecified atom stereocenters. The number of carbonyl (C=O) groups excluding carboxylic acids is 1. The van der Waals surface area contributed by atoms with Gasteiger partial charge in [0.1, 0.15) is 6.54 Å². The molecule has 1 aliphatic rings. The van der Waals surface area contributed by atoms with E-state index >= 15 is 0 Å². The van der Waals surface area contributed by atoms with Crippen LogP contribution in [0, 0.1) is 5.92 Å². The van der Waals surface area contributed by atoms with E-state index in [1.165, 1.54) is 17.0 Å². The molecule has 0 spiro atoms. The average Bonchev–Trinajstić information content (AvgIpc) is 2.55. The molecule has 134 valence electrons. The van der Waals surface area contributed by atoms with Gasteiger partial charge in [-0.1, -0.05) is 12.1 Å². The topological polar surface area (TPSA) is 24.8 Å². The van der Waals surface area contributed by atoms with Crippen molar-refractivity contribution in [3.8, 4) is 0 Å². The summed E-state index contributed by atoms with van der Waals surface area (Å²) in [5.41, 5.74) is 0.0722. The SMILES string of the molecule is CCN(CC)C(=O)[C@H]1CCC[NH+](Cc2cccc(C(F)(F)F)c2)C1. The maximum atomic E-state index is 12.8. The number of quaternary nitrogens is 1. The van der Waals surface area contributed by atoms with Crippen LogP contribution in [-0.4, -0.2) is 37.0 Å². The molecule has 0 radical (unpaired) electrons. The fourth-order valence-electron chi connectivity index (χ4n) is 3.46. The quantitative estimate of drug-likeness (QED) is 0.872. The van der Waals surface area contributed by atoms with E-state index in [1.54, 1.807) is 6.07 Å². The summed E-state index contributed by atoms with van der Waals surface area (Å²) in [6.45, 7) is 7.48. The lowest BCUT2D eigenvalue weighted by molar-refractivity contribution is -0.921. The summed E-state index contributed by atoms with van der Waals surface area (Å²) in [5.74, 6) is 0.167. The van der Waals surface area contributed by atoms with Crippen LogP contribution in [0.2, 0.25) is 0 Å². The molecule has 2 atom stereocenters. The summed E-state index contributed by atoms with van der Waals surface area (Å²) in [6.07, 6.45) is -2.50. The first-order valence-electron chi connectivity index (χ1n) is 8.63. The Balaban J connectivity index is 2.02. The van der Waals surface area contributed by atoms with Crippen LogP contribution < -0.4 is 4.90 Å². The highest BCUT2D eigenvalue weighted by Crippen LogP contribution is 2.29. The van der Waals surface area contributed by atoms with E-state index in [9.17, 15) is 18.0 Å². The molecule has 0 saturated carbocycles. The number of hydrogen-bond donors (Lipinski definition) is 1. The Kier molecular flexibility index (Phi) is 6.27. The van der Waals surface area contributed by atoms with Crippen LogP contribution in [0.3, 0.4) is 0 Å². The van der Waals surface area contributed by atoms with Gasteiger partial charge in [0.15, 0.2) is 0 Å². The largest absolute Gasteiger partial charge is 0.416 e. The van der Waals surface area contributed by atoms with Crippen molar-refractivity contribution in [1.29, 1.82) is 0 Å². The summed E-state index contributed by atoms with van der Waals surface area (Å²) in [5, 5.41) is 0. The fraction of sp³-hybridized carbons (Fsp3) is 0.611. The number of nitrogens with zero attached hydrogens (tertiary/aromatic N) is 1. The van der Waals surface area contributed by atoms with E-state index in [-0.39, 0.29) is 11.8 Å². The molecule has 2 rings (SSSR count). The van der Waals surface area contributed by atoms with Gasteiger partial charge in [-0.05, 0) is 38.8 Å². The van der Waals surface area contributed by atoms with Crippen LogP contribution in [-0.2, 0) is 17.5 Å². The van der Waals surface area contributed by atoms with Crippen LogP contribution in [0.4, 0.5) is 13.2 Å². The predicted molar refractivity (Wildman–Crippen MR) is 86.5 cm³/mol. The highest BCUT2D eigenvalue weighted by molar-refractivity contribution is 5.78. The van der Waals surface area contributed by atoms with Crippen molar-refractivity contribution in [3.05, 3.63) is 35.4 Å². The molecule has 1 aromatic rings. The van der Waals surface area contributed by atoms with Crippen LogP contribution in [0.5, 0.6) is 0 Å². The Labute approximate surface area is 141 Å². The van der Waals surface area contributed by atoms with Gasteiger partial charge in [0.2, 0.25) is 5.91 Å². The lowest BCUT2D eigenvalue weighted by Crippen LogP contribution is -3.12. The molecule has 6 heteroatoms. The minimum absolute atomic E-state index is 0.0144. The number of rotatable bonds is 5. The average molecular weight is 343 g/mol. The van der Waals surface area contributed by atoms with Gasteiger partial charge in [0.25, 0.3) is 0 Å². The fourth-order valence-corrected chi connectivity index (χ4v) is 3.46. The Hall–Kier alpha value is -1.56. The van der Waals surface area contributed by atoms with Crippen LogP contribution in [0.25, 0.3) is 0 Å². The van der Waals surface area contributed by atoms with Crippen molar-refractivity contribution < 1.29 is 22.9 Å². The number of piperidine rings is 1. The first kappa shape index (κ1) is 18.8. The van der Waals surface area contributed by atoms with Gasteiger partial charge in [-0.25, -0.2) is 0 Å². The molecule has 1 amide bonds. The highest BCUT2D eigenvalue weighted by atomic mass is 19.4. The monoisotopic (exact) mass is 343 g/mol. The third-order valence-electron chi connectivity index (χ3n) is 4.75. The Morgan fingerprint density at radius 3 is 2.62 bits per heavy atom. The Bertz CT molecular complexity index is 555. The van der Waals surface area contributed by atoms with Crippen molar-refractivity contribution >= 4 is 5.91 Å². The lowest BCUT2D eigenvalue weighted by atomic mass is 9.96. The highest BCUT2D eigenvalue weighted by Gasteiger charge is 2.32. The van der Waals surface area contributed by atoms with Crippen molar-refractivity contribution in [2.24, 2.45) is 5.92 Å². The summed E-state index contributed by atoms with van der Waals surface area (Å²) < 4.78 is 38.5. The predicted octanol–water partition coefficient (Wildman–Crippen LogP) is 2.37. The molecular weight excluding hydrogens is 317 g/mol. The first-order valence-corrected chi connectivity index (χ1v) is 8.63. The van der Waals surface area contributed by atoms with Crippen molar-refractivity contribution in [1.82, 2.24) is 4.90 Å². The number of likely N-dealkylation sites (tertiary alicyclic amines) is 1. The molecular formula is C18H26F3N2O+. The molecule has 1 N–H and O–H groups in total. The third-order valence-corrected chi connectivity index (χ3v) is 4.75. The third kappa shape index (κ3) is 4.72. The Morgan fingerprint density at radius 1 is 1.29 bits per heavy atom. The van der Waals surface area contributed by atoms with Crippen LogP contribution in [0.15, 0.2) is 24.3 Å². The van der Waals surface area contributed by atoms with Crippen molar-refractivity contribution in [3.63, 3.8) is 0 Å². The Morgan fingerprint density at radius 2 is 2.00 bits per heavy atom. The summed E-state index contributed by atoms with van der Waals surface area (Å²) >= 11 is 0. The maximum absolute atomic E-state index is 12.8. The van der Waals surface area contributed by atoms with Gasteiger partial charge < -0.3 is 9.80 Å². The van der Waals surface area contributed by atoms with Gasteiger partial charge in [0, 0.05) is 18.7 Å². The van der Waals surface area contributed by atoms with E-state index in [0.717, 1.165) is 25.5 Å². The molecule has 0 aromatic heterocycles. The number of halogens is 3. The minimum atomic E-state index is -4.31. The van der Waals surface area contributed by atoms with Crippen LogP contribution >= 0.6 is 0 Å². The lowest BCUT2D eigenvalue weighted by Gasteiger charge is -2.32. The number of amides is 1. The number of carbonyl (C=O) groups is 1. The smallest absolute Gasteiger partial charge is 0.343 e. The van der Waals surface area contributed by atoms with E-state index in [1.807, 2.05) is 18.7 Å². The second kappa shape index (κ2) is 8.01. The first-order chi connectivity index (χ1) is 11.3. The summed E-state index contributed by atoms with van der Waals surface area (Å²) in [7, 11) is 0. The molecule has 0 aliphatic carbocycles. The zero-order chi connectivity index (χ0) is 17.7. The zero-order valence-corrected chi connectivity index (χ0v) is 14.3. The number of benzene rings is 1. The summed E-state index contributed by atoms with van der Waals surface area (Å²) in [6, 6.07) is 5.52. The minimum Gasteiger partial charge on any atom is -0.343 e. The molecule has 24 heavy (non-hydrogen) atoms. The zero-order valence-electron chi connectivity index (χ0n) is 14.3. The summed E-state index contributed by atoms with van der Waals surface area (Å²) in [4.78, 5) is 15.5. The van der Waals surface area contributed by atoms with Crippen LogP contribution in [0.1, 0.15) is 37.8 Å². The molecule has 1 fully saturated rings. The van der Waals surface area contributed by atoms with Crippen molar-refractivity contribution in [2.45, 2.75) is 39.4 Å². The van der Waals surface area contributed by atoms with Gasteiger partial charge in [0.05, 0.1) is 24.6 Å². The number of hydrogen-bond acceptors (Lipinski definition) is 1. The van der Waals surface area contributed by atoms with E-state index in [0.29, 0.717) is 31.7 Å². The van der Waals surface area contributed by atoms with E-state index in [4.69, 9.17) is 0 Å². The number of nitrogens with one attached hydrogen (secondary N) is 1. The second-order valence-electron chi connectivity index (χ2n) is 6.43. The molecule has 0 bridgehead atoms. The second-order valence-corrected chi connectivity index (χ2v) is 6.43. The molecule has 1 heterocycles. The van der Waals surface area contributed by atoms with Gasteiger partial charge in [-0.15, -0.1) is 0 Å². The maximum Gasteiger partial charge on any atom is 0.416 e. The molecule has 1 aliphatic heterocycles. The molecule has 1 saturated heterocycles. The van der Waals surface area contributed by atoms with Gasteiger partial charge in [-0.3, -0.25) is 4.79 Å². The van der Waals surface area contributed by atoms with Gasteiger partial charge in [-0.2, -0.15) is 13.2 Å². The van der Waals surface area contributed by atoms with E-state index < -0.39 is 11.7 Å². The van der Waals surface area contributed by atoms with Crippen molar-refractivity contribution in [2.75, 3.05) is 26.2 Å².